The largest absolute Gasteiger partial charge is 0.493 e. The van der Waals surface area contributed by atoms with Crippen molar-refractivity contribution in [2.75, 3.05) is 6.61 Å². The normalized spacial score (nSPS) is 12.9. The lowest BCUT2D eigenvalue weighted by Crippen LogP contribution is -1.99. The molecule has 0 amide bonds. The van der Waals surface area contributed by atoms with Crippen molar-refractivity contribution in [2.45, 2.75) is 18.4 Å². The van der Waals surface area contributed by atoms with Crippen molar-refractivity contribution >= 4 is 31.9 Å². The molecule has 5 heteroatoms. The van der Waals surface area contributed by atoms with E-state index in [9.17, 15) is 0 Å². The second-order valence-electron chi connectivity index (χ2n) is 4.56. The Hall–Kier alpha value is -1.07. The number of alkyl halides is 1. The first-order valence-corrected chi connectivity index (χ1v) is 8.25. The molecule has 0 N–H and O–H groups in total. The van der Waals surface area contributed by atoms with Crippen molar-refractivity contribution in [3.05, 3.63) is 51.8 Å². The van der Waals surface area contributed by atoms with Crippen LogP contribution < -0.4 is 9.47 Å². The van der Waals surface area contributed by atoms with Gasteiger partial charge >= 0.3 is 0 Å². The van der Waals surface area contributed by atoms with Gasteiger partial charge in [0.15, 0.2) is 0 Å². The van der Waals surface area contributed by atoms with Crippen molar-refractivity contribution in [3.63, 3.8) is 0 Å². The van der Waals surface area contributed by atoms with Crippen molar-refractivity contribution in [3.8, 4) is 11.5 Å². The number of benzene rings is 1. The minimum atomic E-state index is 0.483. The average Bonchev–Trinajstić information content (AvgIpc) is 2.93. The van der Waals surface area contributed by atoms with Crippen molar-refractivity contribution in [1.29, 1.82) is 0 Å². The third kappa shape index (κ3) is 2.99. The summed E-state index contributed by atoms with van der Waals surface area (Å²) in [6, 6.07) is 8.04. The number of ether oxygens (including phenoxy) is 2. The summed E-state index contributed by atoms with van der Waals surface area (Å²) in [5.74, 6) is 1.74. The molecule has 2 heterocycles. The van der Waals surface area contributed by atoms with Gasteiger partial charge in [-0.3, -0.25) is 4.98 Å². The van der Waals surface area contributed by atoms with Crippen LogP contribution in [0.3, 0.4) is 0 Å². The lowest BCUT2D eigenvalue weighted by Gasteiger charge is -2.11. The third-order valence-corrected chi connectivity index (χ3v) is 4.19. The fourth-order valence-electron chi connectivity index (χ4n) is 2.19. The summed E-state index contributed by atoms with van der Waals surface area (Å²) in [7, 11) is 0. The van der Waals surface area contributed by atoms with Crippen molar-refractivity contribution in [1.82, 2.24) is 4.98 Å². The molecule has 0 aliphatic carbocycles. The van der Waals surface area contributed by atoms with E-state index >= 15 is 0 Å². The van der Waals surface area contributed by atoms with E-state index in [0.717, 1.165) is 45.6 Å². The van der Waals surface area contributed by atoms with Crippen LogP contribution in [-0.4, -0.2) is 11.6 Å². The van der Waals surface area contributed by atoms with Gasteiger partial charge in [-0.2, -0.15) is 0 Å². The highest BCUT2D eigenvalue weighted by atomic mass is 79.9. The van der Waals surface area contributed by atoms with Crippen LogP contribution in [0.15, 0.2) is 34.9 Å². The molecule has 104 valence electrons. The lowest BCUT2D eigenvalue weighted by molar-refractivity contribution is 0.291. The maximum Gasteiger partial charge on any atom is 0.138 e. The van der Waals surface area contributed by atoms with E-state index < -0.39 is 0 Å². The van der Waals surface area contributed by atoms with Gasteiger partial charge in [0.2, 0.25) is 0 Å². The van der Waals surface area contributed by atoms with E-state index in [1.807, 2.05) is 18.2 Å². The Balaban J connectivity index is 1.75. The molecule has 0 spiro atoms. The fraction of sp³-hybridized carbons (Fsp3) is 0.267. The first-order chi connectivity index (χ1) is 9.76. The van der Waals surface area contributed by atoms with Gasteiger partial charge in [-0.05, 0) is 29.8 Å². The van der Waals surface area contributed by atoms with Crippen LogP contribution in [0.5, 0.6) is 11.5 Å². The van der Waals surface area contributed by atoms with Crippen LogP contribution in [0.25, 0.3) is 0 Å². The summed E-state index contributed by atoms with van der Waals surface area (Å²) in [4.78, 5) is 4.29. The number of nitrogens with zero attached hydrogens (tertiary/aromatic N) is 1. The summed E-state index contributed by atoms with van der Waals surface area (Å²) < 4.78 is 12.5. The molecule has 0 atom stereocenters. The van der Waals surface area contributed by atoms with Gasteiger partial charge in [-0.1, -0.05) is 31.9 Å². The van der Waals surface area contributed by atoms with Gasteiger partial charge in [-0.15, -0.1) is 0 Å². The molecule has 0 bridgehead atoms. The topological polar surface area (TPSA) is 31.4 Å². The van der Waals surface area contributed by atoms with Gasteiger partial charge in [0.05, 0.1) is 18.5 Å². The maximum atomic E-state index is 5.79. The van der Waals surface area contributed by atoms with Crippen LogP contribution in [0.1, 0.15) is 16.8 Å². The average molecular weight is 399 g/mol. The molecule has 2 aromatic rings. The molecular formula is C15H13Br2NO2. The van der Waals surface area contributed by atoms with Crippen LogP contribution in [0.4, 0.5) is 0 Å². The van der Waals surface area contributed by atoms with E-state index in [2.05, 4.69) is 42.9 Å². The van der Waals surface area contributed by atoms with E-state index in [1.54, 1.807) is 6.20 Å². The first kappa shape index (κ1) is 13.9. The van der Waals surface area contributed by atoms with Crippen LogP contribution in [0.2, 0.25) is 0 Å². The Morgan fingerprint density at radius 3 is 2.95 bits per heavy atom. The molecule has 3 nitrogen and oxygen atoms in total. The highest BCUT2D eigenvalue weighted by Gasteiger charge is 2.17. The molecule has 1 aliphatic heterocycles. The smallest absolute Gasteiger partial charge is 0.138 e. The van der Waals surface area contributed by atoms with Gasteiger partial charge < -0.3 is 9.47 Å². The Bertz CT molecular complexity index is 614. The molecule has 0 saturated carbocycles. The van der Waals surface area contributed by atoms with Gasteiger partial charge in [0.1, 0.15) is 18.1 Å². The van der Waals surface area contributed by atoms with Crippen LogP contribution >= 0.6 is 31.9 Å². The van der Waals surface area contributed by atoms with Gasteiger partial charge in [0, 0.05) is 21.8 Å². The number of hydrogen-bond donors (Lipinski definition) is 0. The summed E-state index contributed by atoms with van der Waals surface area (Å²) in [6.07, 6.45) is 2.71. The third-order valence-electron chi connectivity index (χ3n) is 3.15. The van der Waals surface area contributed by atoms with E-state index in [-0.39, 0.29) is 0 Å². The number of hydrogen-bond acceptors (Lipinski definition) is 3. The highest BCUT2D eigenvalue weighted by molar-refractivity contribution is 9.10. The molecular weight excluding hydrogens is 386 g/mol. The maximum absolute atomic E-state index is 5.79. The predicted molar refractivity (Wildman–Crippen MR) is 84.5 cm³/mol. The molecule has 0 radical (unpaired) electrons. The van der Waals surface area contributed by atoms with Crippen molar-refractivity contribution < 1.29 is 9.47 Å². The zero-order valence-electron chi connectivity index (χ0n) is 10.7. The first-order valence-electron chi connectivity index (χ1n) is 6.34. The Morgan fingerprint density at radius 1 is 1.30 bits per heavy atom. The molecule has 0 fully saturated rings. The zero-order valence-corrected chi connectivity index (χ0v) is 13.9. The monoisotopic (exact) mass is 397 g/mol. The Morgan fingerprint density at radius 2 is 2.20 bits per heavy atom. The summed E-state index contributed by atoms with van der Waals surface area (Å²) in [5, 5.41) is 0.750. The highest BCUT2D eigenvalue weighted by Crippen LogP contribution is 2.33. The summed E-state index contributed by atoms with van der Waals surface area (Å²) >= 11 is 6.91. The van der Waals surface area contributed by atoms with E-state index in [1.165, 1.54) is 5.56 Å². The number of aromatic nitrogens is 1. The number of pyridine rings is 1. The Labute approximate surface area is 134 Å². The minimum Gasteiger partial charge on any atom is -0.493 e. The fourth-order valence-corrected chi connectivity index (χ4v) is 3.07. The van der Waals surface area contributed by atoms with Crippen LogP contribution in [-0.2, 0) is 18.4 Å². The lowest BCUT2D eigenvalue weighted by atomic mass is 10.1. The number of rotatable bonds is 4. The molecule has 1 aromatic heterocycles. The second kappa shape index (κ2) is 6.14. The molecule has 3 rings (SSSR count). The number of fused-ring (bicyclic) bond motifs is 1. The zero-order chi connectivity index (χ0) is 13.9. The second-order valence-corrected chi connectivity index (χ2v) is 6.04. The van der Waals surface area contributed by atoms with E-state index in [0.29, 0.717) is 6.61 Å². The van der Waals surface area contributed by atoms with Crippen molar-refractivity contribution in [2.24, 2.45) is 0 Å². The van der Waals surface area contributed by atoms with Gasteiger partial charge in [-0.25, -0.2) is 0 Å². The number of halogens is 2. The van der Waals surface area contributed by atoms with Gasteiger partial charge in [0.25, 0.3) is 0 Å². The molecule has 20 heavy (non-hydrogen) atoms. The summed E-state index contributed by atoms with van der Waals surface area (Å²) in [6.45, 7) is 1.23. The molecule has 0 saturated heterocycles. The molecule has 1 aliphatic rings. The SMILES string of the molecule is BrCc1ccc(OCc2cc(Br)cc3c2OCC3)cn1. The summed E-state index contributed by atoms with van der Waals surface area (Å²) in [5.41, 5.74) is 3.30. The van der Waals surface area contributed by atoms with E-state index in [4.69, 9.17) is 9.47 Å². The molecule has 0 unspecified atom stereocenters. The minimum absolute atomic E-state index is 0.483. The standard InChI is InChI=1S/C15H13Br2NO2/c16-7-13-1-2-14(8-18-13)20-9-11-6-12(17)5-10-3-4-19-15(10)11/h1-2,5-6,8H,3-4,7,9H2. The molecule has 1 aromatic carbocycles. The predicted octanol–water partition coefficient (Wildman–Crippen LogP) is 4.25. The Kier molecular flexibility index (Phi) is 4.27. The van der Waals surface area contributed by atoms with Crippen LogP contribution in [0, 0.1) is 0 Å². The quantitative estimate of drug-likeness (QED) is 0.721.